The third-order valence-corrected chi connectivity index (χ3v) is 7.14. The highest BCUT2D eigenvalue weighted by atomic mass is 16.4. The number of amides is 2. The highest BCUT2D eigenvalue weighted by Crippen LogP contribution is 2.63. The van der Waals surface area contributed by atoms with Crippen LogP contribution >= 0.6 is 0 Å². The highest BCUT2D eigenvalue weighted by Gasteiger charge is 2.61. The van der Waals surface area contributed by atoms with Gasteiger partial charge in [-0.15, -0.1) is 0 Å². The van der Waals surface area contributed by atoms with E-state index in [9.17, 15) is 25.1 Å². The van der Waals surface area contributed by atoms with Gasteiger partial charge in [0.25, 0.3) is 0 Å². The Labute approximate surface area is 153 Å². The fourth-order valence-electron chi connectivity index (χ4n) is 6.72. The van der Waals surface area contributed by atoms with E-state index < -0.39 is 29.2 Å². The summed E-state index contributed by atoms with van der Waals surface area (Å²) in [6.07, 6.45) is 5.84. The van der Waals surface area contributed by atoms with Gasteiger partial charge in [0.05, 0.1) is 11.7 Å². The van der Waals surface area contributed by atoms with E-state index in [-0.39, 0.29) is 5.91 Å². The molecule has 0 radical (unpaired) electrons. The number of hydrogen-bond acceptors (Lipinski definition) is 4. The second-order valence-electron chi connectivity index (χ2n) is 9.10. The number of aliphatic hydroxyl groups is 1. The summed E-state index contributed by atoms with van der Waals surface area (Å²) in [7, 11) is 0. The average molecular weight is 361 g/mol. The SMILES string of the molecule is N#C[C@@H]1CCCCN1C(=O)[C@@H](NC(=O)O)[C@@]12C[C@@H]3C[C@@H](C[C@](O)(C3)C1)C2. The molecule has 7 nitrogen and oxygen atoms in total. The summed E-state index contributed by atoms with van der Waals surface area (Å²) in [6.45, 7) is 0.502. The molecule has 26 heavy (non-hydrogen) atoms. The quantitative estimate of drug-likeness (QED) is 0.710. The van der Waals surface area contributed by atoms with Gasteiger partial charge < -0.3 is 20.4 Å². The van der Waals surface area contributed by atoms with Crippen LogP contribution in [0.25, 0.3) is 0 Å². The molecule has 5 rings (SSSR count). The fraction of sp³-hybridized carbons (Fsp3) is 0.842. The smallest absolute Gasteiger partial charge is 0.405 e. The van der Waals surface area contributed by atoms with Crippen molar-refractivity contribution in [1.82, 2.24) is 10.2 Å². The molecule has 1 saturated heterocycles. The molecule has 5 aliphatic rings. The maximum Gasteiger partial charge on any atom is 0.405 e. The third kappa shape index (κ3) is 2.84. The third-order valence-electron chi connectivity index (χ3n) is 7.14. The number of likely N-dealkylation sites (tertiary alicyclic amines) is 1. The summed E-state index contributed by atoms with van der Waals surface area (Å²) < 4.78 is 0. The Morgan fingerprint density at radius 1 is 1.19 bits per heavy atom. The molecule has 0 aromatic heterocycles. The largest absolute Gasteiger partial charge is 0.465 e. The van der Waals surface area contributed by atoms with E-state index in [2.05, 4.69) is 11.4 Å². The second kappa shape index (κ2) is 6.12. The normalized spacial score (nSPS) is 42.2. The van der Waals surface area contributed by atoms with Gasteiger partial charge in [0, 0.05) is 12.0 Å². The zero-order chi connectivity index (χ0) is 18.5. The second-order valence-corrected chi connectivity index (χ2v) is 9.10. The molecule has 4 aliphatic carbocycles. The molecule has 6 atom stereocenters. The number of carbonyl (C=O) groups excluding carboxylic acids is 1. The lowest BCUT2D eigenvalue weighted by molar-refractivity contribution is -0.180. The van der Waals surface area contributed by atoms with E-state index in [1.54, 1.807) is 4.90 Å². The first kappa shape index (κ1) is 17.6. The molecule has 142 valence electrons. The molecule has 4 saturated carbocycles. The van der Waals surface area contributed by atoms with Crippen LogP contribution in [0.2, 0.25) is 0 Å². The van der Waals surface area contributed by atoms with Gasteiger partial charge in [-0.2, -0.15) is 5.26 Å². The summed E-state index contributed by atoms with van der Waals surface area (Å²) >= 11 is 0. The Hall–Kier alpha value is -1.81. The van der Waals surface area contributed by atoms with Crippen molar-refractivity contribution in [3.05, 3.63) is 0 Å². The van der Waals surface area contributed by atoms with Crippen molar-refractivity contribution in [2.75, 3.05) is 6.54 Å². The number of nitrogens with zero attached hydrogens (tertiary/aromatic N) is 2. The van der Waals surface area contributed by atoms with Crippen molar-refractivity contribution in [2.45, 2.75) is 75.5 Å². The van der Waals surface area contributed by atoms with E-state index in [1.165, 1.54) is 0 Å². The van der Waals surface area contributed by atoms with Gasteiger partial charge in [-0.3, -0.25) is 4.79 Å². The first-order valence-corrected chi connectivity index (χ1v) is 9.76. The van der Waals surface area contributed by atoms with Crippen LogP contribution in [0.15, 0.2) is 0 Å². The molecular formula is C19H27N3O4. The van der Waals surface area contributed by atoms with Crippen LogP contribution in [-0.4, -0.2) is 51.3 Å². The monoisotopic (exact) mass is 361 g/mol. The number of hydrogen-bond donors (Lipinski definition) is 3. The van der Waals surface area contributed by atoms with Crippen LogP contribution in [0.3, 0.4) is 0 Å². The molecule has 7 heteroatoms. The van der Waals surface area contributed by atoms with Crippen molar-refractivity contribution in [3.8, 4) is 6.07 Å². The van der Waals surface area contributed by atoms with Crippen LogP contribution in [0.4, 0.5) is 4.79 Å². The lowest BCUT2D eigenvalue weighted by atomic mass is 9.46. The summed E-state index contributed by atoms with van der Waals surface area (Å²) in [4.78, 5) is 26.5. The molecule has 0 aromatic carbocycles. The van der Waals surface area contributed by atoms with Gasteiger partial charge in [-0.25, -0.2) is 4.79 Å². The molecule has 0 spiro atoms. The molecule has 1 aliphatic heterocycles. The highest BCUT2D eigenvalue weighted by molar-refractivity contribution is 5.87. The van der Waals surface area contributed by atoms with Crippen LogP contribution in [-0.2, 0) is 4.79 Å². The van der Waals surface area contributed by atoms with E-state index in [0.717, 1.165) is 44.9 Å². The molecule has 4 bridgehead atoms. The summed E-state index contributed by atoms with van der Waals surface area (Å²) in [6, 6.07) is 0.856. The maximum absolute atomic E-state index is 13.4. The Morgan fingerprint density at radius 2 is 1.88 bits per heavy atom. The molecule has 0 unspecified atom stereocenters. The van der Waals surface area contributed by atoms with Gasteiger partial charge >= 0.3 is 6.09 Å². The van der Waals surface area contributed by atoms with Gasteiger partial charge in [0.15, 0.2) is 0 Å². The van der Waals surface area contributed by atoms with Gasteiger partial charge in [-0.1, -0.05) is 0 Å². The number of nitrogens with one attached hydrogen (secondary N) is 1. The van der Waals surface area contributed by atoms with Crippen molar-refractivity contribution >= 4 is 12.0 Å². The van der Waals surface area contributed by atoms with E-state index in [0.29, 0.717) is 31.2 Å². The zero-order valence-electron chi connectivity index (χ0n) is 15.0. The minimum absolute atomic E-state index is 0.274. The van der Waals surface area contributed by atoms with Crippen molar-refractivity contribution < 1.29 is 19.8 Å². The van der Waals surface area contributed by atoms with E-state index in [4.69, 9.17) is 0 Å². The summed E-state index contributed by atoms with van der Waals surface area (Å²) in [5, 5.41) is 32.3. The molecular weight excluding hydrogens is 334 g/mol. The maximum atomic E-state index is 13.4. The predicted molar refractivity (Wildman–Crippen MR) is 92.0 cm³/mol. The van der Waals surface area contributed by atoms with Gasteiger partial charge in [0.1, 0.15) is 12.1 Å². The number of rotatable bonds is 3. The Bertz CT molecular complexity index is 644. The number of carbonyl (C=O) groups is 2. The Kier molecular flexibility index (Phi) is 4.14. The van der Waals surface area contributed by atoms with Crippen molar-refractivity contribution in [2.24, 2.45) is 17.3 Å². The minimum atomic E-state index is -1.21. The first-order chi connectivity index (χ1) is 12.3. The van der Waals surface area contributed by atoms with Crippen molar-refractivity contribution in [3.63, 3.8) is 0 Å². The fourth-order valence-corrected chi connectivity index (χ4v) is 6.72. The minimum Gasteiger partial charge on any atom is -0.465 e. The van der Waals surface area contributed by atoms with Crippen LogP contribution in [0.1, 0.15) is 57.8 Å². The van der Waals surface area contributed by atoms with Crippen molar-refractivity contribution in [1.29, 1.82) is 5.26 Å². The van der Waals surface area contributed by atoms with Crippen LogP contribution in [0.5, 0.6) is 0 Å². The zero-order valence-corrected chi connectivity index (χ0v) is 15.0. The Morgan fingerprint density at radius 3 is 2.46 bits per heavy atom. The topological polar surface area (TPSA) is 114 Å². The number of nitriles is 1. The average Bonchev–Trinajstić information content (AvgIpc) is 2.56. The molecule has 3 N–H and O–H groups in total. The molecule has 1 heterocycles. The van der Waals surface area contributed by atoms with Gasteiger partial charge in [0.2, 0.25) is 5.91 Å². The lowest BCUT2D eigenvalue weighted by Crippen LogP contribution is -2.66. The first-order valence-electron chi connectivity index (χ1n) is 9.76. The molecule has 2 amide bonds. The number of carboxylic acid groups (broad SMARTS) is 1. The Balaban J connectivity index is 1.66. The van der Waals surface area contributed by atoms with Gasteiger partial charge in [-0.05, 0) is 69.6 Å². The predicted octanol–water partition coefficient (Wildman–Crippen LogP) is 1.86. The van der Waals surface area contributed by atoms with Crippen LogP contribution < -0.4 is 5.32 Å². The standard InChI is InChI=1S/C19H27N3O4/c20-10-14-3-1-2-4-22(14)16(23)15(21-17(24)25)18-6-12-5-13(7-18)9-19(26,8-12)11-18/h12-15,21,26H,1-9,11H2,(H,24,25)/t12-,13+,14-,15+,18+,19+/m0/s1. The summed E-state index contributed by atoms with van der Waals surface area (Å²) in [5.74, 6) is 0.449. The van der Waals surface area contributed by atoms with E-state index in [1.807, 2.05) is 0 Å². The molecule has 5 fully saturated rings. The molecule has 0 aromatic rings. The number of piperidine rings is 1. The van der Waals surface area contributed by atoms with E-state index >= 15 is 0 Å². The summed E-state index contributed by atoms with van der Waals surface area (Å²) in [5.41, 5.74) is -1.29. The lowest BCUT2D eigenvalue weighted by Gasteiger charge is -2.62. The van der Waals surface area contributed by atoms with Crippen LogP contribution in [0, 0.1) is 28.6 Å².